The predicted molar refractivity (Wildman–Crippen MR) is 136 cm³/mol. The largest absolute Gasteiger partial charge is 0.348 e. The Hall–Kier alpha value is -2.69. The van der Waals surface area contributed by atoms with Gasteiger partial charge in [-0.25, -0.2) is 16.8 Å². The Balaban J connectivity index is 1.85. The third-order valence-corrected chi connectivity index (χ3v) is 8.64. The average Bonchev–Trinajstić information content (AvgIpc) is 2.78. The Bertz CT molecular complexity index is 1370. The van der Waals surface area contributed by atoms with Gasteiger partial charge in [-0.15, -0.1) is 0 Å². The lowest BCUT2D eigenvalue weighted by Gasteiger charge is -2.25. The first-order chi connectivity index (χ1) is 15.9. The molecule has 0 radical (unpaired) electrons. The van der Waals surface area contributed by atoms with Gasteiger partial charge in [-0.3, -0.25) is 9.10 Å². The Kier molecular flexibility index (Phi) is 7.84. The number of nitrogens with one attached hydrogen (secondary N) is 1. The molecule has 0 aromatic heterocycles. The maximum absolute atomic E-state index is 13.4. The number of hydrogen-bond acceptors (Lipinski definition) is 5. The lowest BCUT2D eigenvalue weighted by molar-refractivity contribution is -0.120. The molecular weight excluding hydrogens is 540 g/mol. The number of halogens is 1. The minimum atomic E-state index is -4.01. The highest BCUT2D eigenvalue weighted by atomic mass is 79.9. The maximum Gasteiger partial charge on any atom is 0.264 e. The highest BCUT2D eigenvalue weighted by molar-refractivity contribution is 9.10. The van der Waals surface area contributed by atoms with Crippen LogP contribution in [0.25, 0.3) is 0 Å². The van der Waals surface area contributed by atoms with Crippen molar-refractivity contribution in [1.29, 1.82) is 0 Å². The molecular formula is C24H25BrN2O5S2. The third kappa shape index (κ3) is 6.25. The van der Waals surface area contributed by atoms with Gasteiger partial charge in [-0.1, -0.05) is 45.8 Å². The topological polar surface area (TPSA) is 101 Å². The van der Waals surface area contributed by atoms with Crippen LogP contribution in [0, 0.1) is 6.92 Å². The summed E-state index contributed by atoms with van der Waals surface area (Å²) in [7, 11) is -7.34. The summed E-state index contributed by atoms with van der Waals surface area (Å²) in [6.45, 7) is 3.18. The van der Waals surface area contributed by atoms with Gasteiger partial charge in [-0.05, 0) is 67.9 Å². The molecule has 180 valence electrons. The molecule has 1 N–H and O–H groups in total. The van der Waals surface area contributed by atoms with E-state index in [2.05, 4.69) is 21.2 Å². The van der Waals surface area contributed by atoms with Crippen molar-refractivity contribution in [2.45, 2.75) is 29.7 Å². The summed E-state index contributed by atoms with van der Waals surface area (Å²) in [5, 5.41) is 2.79. The number of benzene rings is 3. The smallest absolute Gasteiger partial charge is 0.264 e. The lowest BCUT2D eigenvalue weighted by atomic mass is 10.1. The van der Waals surface area contributed by atoms with Crippen LogP contribution in [0.4, 0.5) is 5.69 Å². The Labute approximate surface area is 208 Å². The Morgan fingerprint density at radius 1 is 0.882 bits per heavy atom. The summed E-state index contributed by atoms with van der Waals surface area (Å²) in [5.41, 5.74) is 1.96. The van der Waals surface area contributed by atoms with Crippen molar-refractivity contribution in [2.75, 3.05) is 17.1 Å². The first-order valence-electron chi connectivity index (χ1n) is 10.3. The van der Waals surface area contributed by atoms with Gasteiger partial charge in [0.05, 0.1) is 21.5 Å². The van der Waals surface area contributed by atoms with Gasteiger partial charge >= 0.3 is 0 Å². The molecule has 0 heterocycles. The zero-order valence-corrected chi connectivity index (χ0v) is 22.1. The number of nitrogens with zero attached hydrogens (tertiary/aromatic N) is 1. The van der Waals surface area contributed by atoms with Gasteiger partial charge in [0.1, 0.15) is 6.54 Å². The molecule has 0 saturated heterocycles. The van der Waals surface area contributed by atoms with E-state index in [4.69, 9.17) is 0 Å². The van der Waals surface area contributed by atoms with Crippen molar-refractivity contribution in [2.24, 2.45) is 0 Å². The highest BCUT2D eigenvalue weighted by Crippen LogP contribution is 2.26. The van der Waals surface area contributed by atoms with Crippen LogP contribution in [0.15, 0.2) is 87.1 Å². The number of rotatable bonds is 8. The molecule has 0 aliphatic heterocycles. The van der Waals surface area contributed by atoms with Gasteiger partial charge in [-0.2, -0.15) is 0 Å². The molecule has 1 amide bonds. The van der Waals surface area contributed by atoms with Gasteiger partial charge in [0.15, 0.2) is 9.84 Å². The molecule has 0 spiro atoms. The quantitative estimate of drug-likeness (QED) is 0.441. The molecule has 3 aromatic rings. The van der Waals surface area contributed by atoms with Crippen LogP contribution in [0.1, 0.15) is 24.1 Å². The molecule has 7 nitrogen and oxygen atoms in total. The number of sulfonamides is 1. The monoisotopic (exact) mass is 564 g/mol. The first kappa shape index (κ1) is 25.9. The third-order valence-electron chi connectivity index (χ3n) is 5.20. The molecule has 0 saturated carbocycles. The number of amides is 1. The van der Waals surface area contributed by atoms with E-state index in [0.29, 0.717) is 11.3 Å². The van der Waals surface area contributed by atoms with Crippen LogP contribution in [0.2, 0.25) is 0 Å². The maximum atomic E-state index is 13.4. The van der Waals surface area contributed by atoms with E-state index in [-0.39, 0.29) is 9.79 Å². The van der Waals surface area contributed by atoms with Gasteiger partial charge in [0.2, 0.25) is 5.91 Å². The zero-order valence-electron chi connectivity index (χ0n) is 18.9. The number of anilines is 1. The molecule has 0 bridgehead atoms. The molecule has 10 heteroatoms. The molecule has 0 aliphatic carbocycles. The van der Waals surface area contributed by atoms with E-state index in [1.54, 1.807) is 55.5 Å². The number of hydrogen-bond donors (Lipinski definition) is 1. The van der Waals surface area contributed by atoms with Crippen LogP contribution < -0.4 is 9.62 Å². The van der Waals surface area contributed by atoms with Crippen molar-refractivity contribution in [3.63, 3.8) is 0 Å². The summed E-state index contributed by atoms with van der Waals surface area (Å²) in [5.74, 6) is -0.502. The number of aryl methyl sites for hydroxylation is 1. The van der Waals surface area contributed by atoms with Crippen molar-refractivity contribution in [3.8, 4) is 0 Å². The van der Waals surface area contributed by atoms with Crippen LogP contribution >= 0.6 is 15.9 Å². The molecule has 3 rings (SSSR count). The van der Waals surface area contributed by atoms with Crippen molar-refractivity contribution >= 4 is 47.4 Å². The Morgan fingerprint density at radius 3 is 1.94 bits per heavy atom. The van der Waals surface area contributed by atoms with Gasteiger partial charge < -0.3 is 5.32 Å². The average molecular weight is 566 g/mol. The van der Waals surface area contributed by atoms with Crippen LogP contribution in [0.5, 0.6) is 0 Å². The van der Waals surface area contributed by atoms with Crippen molar-refractivity contribution in [3.05, 3.63) is 88.4 Å². The lowest BCUT2D eigenvalue weighted by Crippen LogP contribution is -2.41. The fourth-order valence-corrected chi connectivity index (χ4v) is 5.58. The van der Waals surface area contributed by atoms with Crippen LogP contribution in [-0.4, -0.2) is 35.5 Å². The second kappa shape index (κ2) is 10.3. The number of carbonyl (C=O) groups is 1. The van der Waals surface area contributed by atoms with Gasteiger partial charge in [0, 0.05) is 10.7 Å². The molecule has 1 atom stereocenters. The summed E-state index contributed by atoms with van der Waals surface area (Å²) < 4.78 is 52.0. The second-order valence-corrected chi connectivity index (χ2v) is 12.7. The van der Waals surface area contributed by atoms with Crippen LogP contribution in [-0.2, 0) is 24.7 Å². The standard InChI is InChI=1S/C24H25BrN2O5S2/c1-17-4-12-23(13-5-17)34(31,32)27(21-10-8-20(25)9-11-21)16-24(28)26-18(2)19-6-14-22(15-7-19)33(3,29)30/h4-15,18H,16H2,1-3H3,(H,26,28)/t18-/m1/s1. The SMILES string of the molecule is Cc1ccc(S(=O)(=O)N(CC(=O)N[C@H](C)c2ccc(S(C)(=O)=O)cc2)c2ccc(Br)cc2)cc1. The minimum absolute atomic E-state index is 0.0817. The van der Waals surface area contributed by atoms with E-state index in [1.807, 2.05) is 6.92 Å². The highest BCUT2D eigenvalue weighted by Gasteiger charge is 2.27. The van der Waals surface area contributed by atoms with E-state index in [9.17, 15) is 21.6 Å². The van der Waals surface area contributed by atoms with E-state index in [0.717, 1.165) is 20.6 Å². The van der Waals surface area contributed by atoms with E-state index >= 15 is 0 Å². The first-order valence-corrected chi connectivity index (χ1v) is 14.4. The number of carbonyl (C=O) groups excluding carboxylic acids is 1. The van der Waals surface area contributed by atoms with E-state index in [1.165, 1.54) is 24.3 Å². The summed E-state index contributed by atoms with van der Waals surface area (Å²) >= 11 is 3.34. The normalized spacial score (nSPS) is 12.7. The molecule has 0 unspecified atom stereocenters. The van der Waals surface area contributed by atoms with E-state index < -0.39 is 38.4 Å². The predicted octanol–water partition coefficient (Wildman–Crippen LogP) is 4.23. The molecule has 0 fully saturated rings. The van der Waals surface area contributed by atoms with Crippen molar-refractivity contribution < 1.29 is 21.6 Å². The summed E-state index contributed by atoms with van der Waals surface area (Å²) in [4.78, 5) is 13.2. The minimum Gasteiger partial charge on any atom is -0.348 e. The Morgan fingerprint density at radius 2 is 1.41 bits per heavy atom. The molecule has 34 heavy (non-hydrogen) atoms. The molecule has 3 aromatic carbocycles. The second-order valence-electron chi connectivity index (χ2n) is 7.93. The fourth-order valence-electron chi connectivity index (χ4n) is 3.26. The number of sulfone groups is 1. The molecule has 0 aliphatic rings. The van der Waals surface area contributed by atoms with Crippen molar-refractivity contribution in [1.82, 2.24) is 5.32 Å². The van der Waals surface area contributed by atoms with Gasteiger partial charge in [0.25, 0.3) is 10.0 Å². The summed E-state index contributed by atoms with van der Waals surface area (Å²) in [6.07, 6.45) is 1.12. The summed E-state index contributed by atoms with van der Waals surface area (Å²) in [6, 6.07) is 18.8. The zero-order chi connectivity index (χ0) is 25.1. The fraction of sp³-hybridized carbons (Fsp3) is 0.208. The van der Waals surface area contributed by atoms with Crippen LogP contribution in [0.3, 0.4) is 0 Å².